The predicted octanol–water partition coefficient (Wildman–Crippen LogP) is 7.05. The smallest absolute Gasteiger partial charge is 0.261 e. The fraction of sp³-hybridized carbons (Fsp3) is 0.291. The van der Waals surface area contributed by atoms with Crippen molar-refractivity contribution in [1.82, 2.24) is 19.6 Å². The summed E-state index contributed by atoms with van der Waals surface area (Å²) in [5.41, 5.74) is 0. The van der Waals surface area contributed by atoms with E-state index in [4.69, 9.17) is 0 Å². The molecule has 3 amide bonds. The molecule has 0 aromatic heterocycles. The Bertz CT molecular complexity index is 2180. The first-order valence-electron chi connectivity index (χ1n) is 22.8. The molecule has 0 N–H and O–H groups in total. The van der Waals surface area contributed by atoms with Crippen molar-refractivity contribution in [3.05, 3.63) is 182 Å². The zero-order chi connectivity index (χ0) is 44.9. The molecule has 0 radical (unpaired) electrons. The van der Waals surface area contributed by atoms with Gasteiger partial charge in [0, 0.05) is 64.2 Å². The molecule has 0 bridgehead atoms. The number of carbonyl (C=O) groups is 3. The molecule has 6 aromatic carbocycles. The largest absolute Gasteiger partial charge is 0.340 e. The van der Waals surface area contributed by atoms with Crippen LogP contribution in [0.1, 0.15) is 27.7 Å². The molecule has 0 saturated carbocycles. The van der Waals surface area contributed by atoms with Gasteiger partial charge in [-0.25, -0.2) is 0 Å². The van der Waals surface area contributed by atoms with Gasteiger partial charge in [-0.3, -0.25) is 19.3 Å². The van der Waals surface area contributed by atoms with Crippen molar-refractivity contribution >= 4 is 64.1 Å². The number of hydrogen-bond acceptors (Lipinski definition) is 4. The van der Waals surface area contributed by atoms with E-state index in [0.717, 1.165) is 32.5 Å². The monoisotopic (exact) mass is 890 g/mol. The lowest BCUT2D eigenvalue weighted by atomic mass is 10.1. The van der Waals surface area contributed by atoms with E-state index in [0.29, 0.717) is 32.3 Å². The van der Waals surface area contributed by atoms with Crippen LogP contribution in [-0.4, -0.2) is 102 Å². The highest BCUT2D eigenvalue weighted by Gasteiger charge is 2.49. The molecule has 2 aliphatic rings. The number of amides is 3. The van der Waals surface area contributed by atoms with E-state index in [1.165, 1.54) is 31.8 Å². The third kappa shape index (κ3) is 10.6. The summed E-state index contributed by atoms with van der Waals surface area (Å²) in [5, 5.41) is 7.87. The van der Waals surface area contributed by atoms with Crippen LogP contribution < -0.4 is 31.8 Å². The van der Waals surface area contributed by atoms with Crippen LogP contribution in [0.15, 0.2) is 182 Å². The van der Waals surface area contributed by atoms with E-state index < -0.39 is 14.5 Å². The molecular weight excluding hydrogens is 827 g/mol. The fourth-order valence-electron chi connectivity index (χ4n) is 9.13. The third-order valence-corrected chi connectivity index (χ3v) is 21.2. The Kier molecular flexibility index (Phi) is 16.0. The summed E-state index contributed by atoms with van der Waals surface area (Å²) < 4.78 is 0. The standard InChI is InChI=1S/C28H32N2O2P.C27H32N2OP/c1-23(2)28(32)30-20-18-29(19-21-30)27(31)22-33(24-12-6-3-7-13-24,25-14-8-4-9-15-25)26-16-10-5-11-17-26;1-23(2)27(30)29-20-18-28(19-21-29)22-31(24-12-6-3-7-13-24,25-14-8-4-9-15-25)26-16-10-5-11-17-26/h3-17,23H,18-22H2,1-2H3;3-17,23H,18-22H2,1-2H3/q2*+1. The molecule has 8 rings (SSSR count). The Hall–Kier alpha value is -5.45. The summed E-state index contributed by atoms with van der Waals surface area (Å²) in [6.45, 7) is 13.7. The molecule has 9 heteroatoms. The lowest BCUT2D eigenvalue weighted by molar-refractivity contribution is -0.140. The number of benzene rings is 6. The van der Waals surface area contributed by atoms with Crippen LogP contribution in [0.3, 0.4) is 0 Å². The second-order valence-corrected chi connectivity index (χ2v) is 24.3. The minimum Gasteiger partial charge on any atom is -0.340 e. The molecule has 2 aliphatic heterocycles. The highest BCUT2D eigenvalue weighted by molar-refractivity contribution is 7.96. The normalized spacial score (nSPS) is 14.8. The van der Waals surface area contributed by atoms with Crippen LogP contribution in [-0.2, 0) is 14.4 Å². The van der Waals surface area contributed by atoms with E-state index in [-0.39, 0.29) is 29.6 Å². The van der Waals surface area contributed by atoms with Gasteiger partial charge in [0.05, 0.1) is 0 Å². The van der Waals surface area contributed by atoms with E-state index in [2.05, 4.69) is 169 Å². The number of carbonyl (C=O) groups excluding carboxylic acids is 3. The lowest BCUT2D eigenvalue weighted by Crippen LogP contribution is -2.53. The second kappa shape index (κ2) is 22.0. The number of rotatable bonds is 12. The zero-order valence-electron chi connectivity index (χ0n) is 38.0. The molecule has 2 heterocycles. The maximum Gasteiger partial charge on any atom is 0.261 e. The van der Waals surface area contributed by atoms with Gasteiger partial charge in [0.1, 0.15) is 52.6 Å². The summed E-state index contributed by atoms with van der Waals surface area (Å²) in [7, 11) is -4.06. The number of piperazine rings is 2. The van der Waals surface area contributed by atoms with Crippen LogP contribution in [0, 0.1) is 11.8 Å². The quantitative estimate of drug-likeness (QED) is 0.124. The predicted molar refractivity (Wildman–Crippen MR) is 271 cm³/mol. The van der Waals surface area contributed by atoms with Crippen LogP contribution in [0.2, 0.25) is 0 Å². The van der Waals surface area contributed by atoms with Gasteiger partial charge in [-0.2, -0.15) is 0 Å². The minimum absolute atomic E-state index is 0.0138. The number of nitrogens with zero attached hydrogens (tertiary/aromatic N) is 4. The summed E-state index contributed by atoms with van der Waals surface area (Å²) >= 11 is 0. The Labute approximate surface area is 382 Å². The summed E-state index contributed by atoms with van der Waals surface area (Å²) in [5.74, 6) is 0.657. The Morgan fingerprint density at radius 1 is 0.375 bits per heavy atom. The molecule has 7 nitrogen and oxygen atoms in total. The topological polar surface area (TPSA) is 64.2 Å². The van der Waals surface area contributed by atoms with E-state index in [1.807, 2.05) is 60.6 Å². The number of hydrogen-bond donors (Lipinski definition) is 0. The van der Waals surface area contributed by atoms with Gasteiger partial charge in [0.2, 0.25) is 11.8 Å². The van der Waals surface area contributed by atoms with Gasteiger partial charge in [-0.15, -0.1) is 0 Å². The molecular formula is C55H64N4O3P2+2. The summed E-state index contributed by atoms with van der Waals surface area (Å²) in [4.78, 5) is 47.1. The van der Waals surface area contributed by atoms with E-state index >= 15 is 0 Å². The van der Waals surface area contributed by atoms with Crippen LogP contribution in [0.5, 0.6) is 0 Å². The first-order chi connectivity index (χ1) is 31.1. The van der Waals surface area contributed by atoms with Crippen LogP contribution in [0.4, 0.5) is 0 Å². The first kappa shape index (κ1) is 46.5. The molecule has 0 spiro atoms. The van der Waals surface area contributed by atoms with Crippen LogP contribution >= 0.6 is 14.5 Å². The highest BCUT2D eigenvalue weighted by atomic mass is 31.2. The van der Waals surface area contributed by atoms with Gasteiger partial charge in [-0.05, 0) is 72.8 Å². The SMILES string of the molecule is CC(C)C(=O)N1CCN(C(=O)C[P+](c2ccccc2)(c2ccccc2)c2ccccc2)CC1.CC(C)C(=O)N1CCN(C[P+](c2ccccc2)(c2ccccc2)c2ccccc2)CC1. The van der Waals surface area contributed by atoms with Crippen molar-refractivity contribution in [1.29, 1.82) is 0 Å². The third-order valence-electron chi connectivity index (χ3n) is 12.6. The highest BCUT2D eigenvalue weighted by Crippen LogP contribution is 2.56. The van der Waals surface area contributed by atoms with Crippen molar-refractivity contribution in [3.63, 3.8) is 0 Å². The van der Waals surface area contributed by atoms with Crippen molar-refractivity contribution in [3.8, 4) is 0 Å². The molecule has 0 unspecified atom stereocenters. The average Bonchev–Trinajstić information content (AvgIpc) is 3.36. The molecule has 6 aromatic rings. The van der Waals surface area contributed by atoms with Gasteiger partial charge < -0.3 is 14.7 Å². The van der Waals surface area contributed by atoms with E-state index in [9.17, 15) is 14.4 Å². The Morgan fingerprint density at radius 3 is 0.906 bits per heavy atom. The van der Waals surface area contributed by atoms with Crippen molar-refractivity contribution < 1.29 is 14.4 Å². The first-order valence-corrected chi connectivity index (χ1v) is 26.8. The Morgan fingerprint density at radius 2 is 0.625 bits per heavy atom. The van der Waals surface area contributed by atoms with Crippen LogP contribution in [0.25, 0.3) is 0 Å². The van der Waals surface area contributed by atoms with Gasteiger partial charge in [0.15, 0.2) is 6.16 Å². The average molecular weight is 891 g/mol. The molecule has 0 atom stereocenters. The van der Waals surface area contributed by atoms with Crippen molar-refractivity contribution in [2.75, 3.05) is 64.8 Å². The van der Waals surface area contributed by atoms with E-state index in [1.54, 1.807) is 0 Å². The molecule has 2 saturated heterocycles. The maximum absolute atomic E-state index is 13.8. The zero-order valence-corrected chi connectivity index (χ0v) is 39.7. The lowest BCUT2D eigenvalue weighted by Gasteiger charge is -2.38. The van der Waals surface area contributed by atoms with Gasteiger partial charge in [-0.1, -0.05) is 137 Å². The van der Waals surface area contributed by atoms with Crippen molar-refractivity contribution in [2.24, 2.45) is 11.8 Å². The molecule has 2 fully saturated rings. The molecule has 0 aliphatic carbocycles. The summed E-state index contributed by atoms with van der Waals surface area (Å²) in [6, 6.07) is 64.5. The summed E-state index contributed by atoms with van der Waals surface area (Å²) in [6.07, 6.45) is 1.44. The Balaban J connectivity index is 0.000000192. The van der Waals surface area contributed by atoms with Gasteiger partial charge in [0.25, 0.3) is 5.91 Å². The van der Waals surface area contributed by atoms with Gasteiger partial charge >= 0.3 is 0 Å². The molecule has 330 valence electrons. The maximum atomic E-state index is 13.8. The van der Waals surface area contributed by atoms with Crippen molar-refractivity contribution in [2.45, 2.75) is 27.7 Å². The fourth-order valence-corrected chi connectivity index (χ4v) is 17.5. The molecule has 64 heavy (non-hydrogen) atoms. The second-order valence-electron chi connectivity index (χ2n) is 17.4. The minimum atomic E-state index is -2.20.